The number of carboxylic acid groups (broad SMARTS) is 1. The largest absolute Gasteiger partial charge is 0.465 e. The van der Waals surface area contributed by atoms with Crippen LogP contribution < -0.4 is 4.90 Å². The van der Waals surface area contributed by atoms with Crippen LogP contribution in [0.25, 0.3) is 0 Å². The molecule has 0 aromatic carbocycles. The van der Waals surface area contributed by atoms with Gasteiger partial charge in [0.15, 0.2) is 0 Å². The third-order valence-electron chi connectivity index (χ3n) is 9.20. The summed E-state index contributed by atoms with van der Waals surface area (Å²) in [5.74, 6) is -3.26. The van der Waals surface area contributed by atoms with Crippen molar-refractivity contribution in [1.82, 2.24) is 24.6 Å². The third-order valence-corrected chi connectivity index (χ3v) is 9.20. The Kier molecular flexibility index (Phi) is 9.18. The van der Waals surface area contributed by atoms with Crippen molar-refractivity contribution in [2.75, 3.05) is 50.7 Å². The quantitative estimate of drug-likeness (QED) is 0.517. The van der Waals surface area contributed by atoms with Crippen LogP contribution >= 0.6 is 0 Å². The molecule has 0 bridgehead atoms. The van der Waals surface area contributed by atoms with Gasteiger partial charge in [-0.15, -0.1) is 0 Å². The summed E-state index contributed by atoms with van der Waals surface area (Å²) >= 11 is 0. The molecule has 0 unspecified atom stereocenters. The van der Waals surface area contributed by atoms with Crippen LogP contribution in [0.15, 0.2) is 12.3 Å². The second kappa shape index (κ2) is 12.0. The van der Waals surface area contributed by atoms with Gasteiger partial charge in [0.1, 0.15) is 5.69 Å². The van der Waals surface area contributed by atoms with Crippen molar-refractivity contribution in [3.05, 3.63) is 23.5 Å². The van der Waals surface area contributed by atoms with E-state index >= 15 is 0 Å². The summed E-state index contributed by atoms with van der Waals surface area (Å²) in [6.07, 6.45) is 0.481. The second-order valence-corrected chi connectivity index (χ2v) is 13.1. The van der Waals surface area contributed by atoms with Crippen molar-refractivity contribution < 1.29 is 28.3 Å². The predicted molar refractivity (Wildman–Crippen MR) is 156 cm³/mol. The summed E-state index contributed by atoms with van der Waals surface area (Å²) in [5.41, 5.74) is 0.459. The van der Waals surface area contributed by atoms with Crippen LogP contribution in [0.1, 0.15) is 72.6 Å². The van der Waals surface area contributed by atoms with Crippen LogP contribution in [-0.4, -0.2) is 118 Å². The number of nitrogens with zero attached hydrogens (tertiary/aromatic N) is 6. The lowest BCUT2D eigenvalue weighted by atomic mass is 9.88. The van der Waals surface area contributed by atoms with E-state index in [4.69, 9.17) is 0 Å². The maximum Gasteiger partial charge on any atom is 0.407 e. The molecule has 3 amide bonds. The number of anilines is 1. The summed E-state index contributed by atoms with van der Waals surface area (Å²) in [6.45, 7) is 15.9. The van der Waals surface area contributed by atoms with Gasteiger partial charge >= 0.3 is 6.09 Å². The highest BCUT2D eigenvalue weighted by molar-refractivity contribution is 5.97. The normalized spacial score (nSPS) is 26.8. The van der Waals surface area contributed by atoms with Crippen LogP contribution in [0, 0.1) is 0 Å². The van der Waals surface area contributed by atoms with E-state index in [1.54, 1.807) is 18.7 Å². The molecule has 0 aliphatic carbocycles. The predicted octanol–water partition coefficient (Wildman–Crippen LogP) is 3.59. The number of carbonyl (C=O) groups is 3. The fourth-order valence-corrected chi connectivity index (χ4v) is 6.84. The lowest BCUT2D eigenvalue weighted by molar-refractivity contribution is -0.134. The number of aromatic nitrogens is 1. The summed E-state index contributed by atoms with van der Waals surface area (Å²) in [4.78, 5) is 51.3. The van der Waals surface area contributed by atoms with Crippen LogP contribution in [0.4, 0.5) is 19.3 Å². The highest BCUT2D eigenvalue weighted by Crippen LogP contribution is 2.43. The van der Waals surface area contributed by atoms with E-state index in [1.165, 1.54) is 17.2 Å². The molecule has 42 heavy (non-hydrogen) atoms. The molecule has 3 aliphatic heterocycles. The van der Waals surface area contributed by atoms with Gasteiger partial charge in [-0.25, -0.2) is 4.79 Å². The molecule has 1 aromatic heterocycles. The minimum atomic E-state index is -3.08. The molecule has 1 N–H and O–H groups in total. The van der Waals surface area contributed by atoms with Crippen LogP contribution in [-0.2, 0) is 20.9 Å². The van der Waals surface area contributed by atoms with Gasteiger partial charge in [0, 0.05) is 94.0 Å². The summed E-state index contributed by atoms with van der Waals surface area (Å²) < 4.78 is 29.6. The SMILES string of the molecule is CCCC(F)(F)c1cc2c(cn1)C(C)(C)CN2C(=O)CN1C[C@@H](C)N(C(=O)O)C[C@@H]1CN1[C@H](C)CN(C(C)=O)C[C@@H]1C. The molecule has 2 fully saturated rings. The number of pyridine rings is 1. The summed E-state index contributed by atoms with van der Waals surface area (Å²) in [7, 11) is 0. The molecule has 4 heterocycles. The molecule has 10 nitrogen and oxygen atoms in total. The van der Waals surface area contributed by atoms with Crippen LogP contribution in [0.3, 0.4) is 0 Å². The number of fused-ring (bicyclic) bond motifs is 1. The van der Waals surface area contributed by atoms with Gasteiger partial charge in [-0.1, -0.05) is 27.2 Å². The van der Waals surface area contributed by atoms with E-state index < -0.39 is 17.4 Å². The maximum atomic E-state index is 14.8. The zero-order valence-electron chi connectivity index (χ0n) is 25.9. The van der Waals surface area contributed by atoms with E-state index in [1.807, 2.05) is 30.6 Å². The van der Waals surface area contributed by atoms with Crippen molar-refractivity contribution in [2.45, 2.75) is 96.8 Å². The number of amides is 3. The summed E-state index contributed by atoms with van der Waals surface area (Å²) in [6, 6.07) is 0.927. The van der Waals surface area contributed by atoms with E-state index in [0.29, 0.717) is 44.8 Å². The first-order valence-corrected chi connectivity index (χ1v) is 15.0. The molecular formula is C30H46F2N6O4. The van der Waals surface area contributed by atoms with E-state index in [0.717, 1.165) is 5.56 Å². The minimum absolute atomic E-state index is 0.0312. The monoisotopic (exact) mass is 592 g/mol. The van der Waals surface area contributed by atoms with Gasteiger partial charge in [-0.2, -0.15) is 8.78 Å². The molecule has 2 saturated heterocycles. The molecule has 0 saturated carbocycles. The molecule has 0 radical (unpaired) electrons. The molecule has 1 aromatic rings. The molecule has 234 valence electrons. The molecular weight excluding hydrogens is 546 g/mol. The topological polar surface area (TPSA) is 101 Å². The smallest absolute Gasteiger partial charge is 0.407 e. The fourth-order valence-electron chi connectivity index (χ4n) is 6.84. The molecule has 12 heteroatoms. The lowest BCUT2D eigenvalue weighted by Gasteiger charge is -2.50. The zero-order valence-corrected chi connectivity index (χ0v) is 25.9. The van der Waals surface area contributed by atoms with E-state index in [-0.39, 0.29) is 61.2 Å². The Bertz CT molecular complexity index is 1180. The fraction of sp³-hybridized carbons (Fsp3) is 0.733. The molecule has 3 aliphatic rings. The number of hydrogen-bond acceptors (Lipinski definition) is 6. The van der Waals surface area contributed by atoms with Gasteiger partial charge < -0.3 is 19.8 Å². The Morgan fingerprint density at radius 3 is 2.29 bits per heavy atom. The number of piperazine rings is 2. The first kappa shape index (κ1) is 32.1. The zero-order chi connectivity index (χ0) is 31.1. The van der Waals surface area contributed by atoms with Crippen LogP contribution in [0.5, 0.6) is 0 Å². The Hall–Kier alpha value is -2.86. The maximum absolute atomic E-state index is 14.8. The Labute approximate surface area is 247 Å². The van der Waals surface area contributed by atoms with Crippen molar-refractivity contribution in [3.63, 3.8) is 0 Å². The second-order valence-electron chi connectivity index (χ2n) is 13.1. The van der Waals surface area contributed by atoms with Gasteiger partial charge in [-0.3, -0.25) is 24.4 Å². The third kappa shape index (κ3) is 6.39. The van der Waals surface area contributed by atoms with Crippen molar-refractivity contribution in [1.29, 1.82) is 0 Å². The molecule has 0 spiro atoms. The average molecular weight is 593 g/mol. The molecule has 4 rings (SSSR count). The first-order valence-electron chi connectivity index (χ1n) is 15.0. The Morgan fingerprint density at radius 1 is 1.07 bits per heavy atom. The number of carbonyl (C=O) groups excluding carboxylic acids is 2. The van der Waals surface area contributed by atoms with Gasteiger partial charge in [0.2, 0.25) is 11.8 Å². The number of alkyl halides is 2. The van der Waals surface area contributed by atoms with Crippen LogP contribution in [0.2, 0.25) is 0 Å². The number of hydrogen-bond donors (Lipinski definition) is 1. The highest BCUT2D eigenvalue weighted by atomic mass is 19.3. The van der Waals surface area contributed by atoms with Crippen molar-refractivity contribution >= 4 is 23.6 Å². The van der Waals surface area contributed by atoms with Crippen molar-refractivity contribution in [3.8, 4) is 0 Å². The van der Waals surface area contributed by atoms with Gasteiger partial charge in [0.05, 0.1) is 12.2 Å². The van der Waals surface area contributed by atoms with E-state index in [2.05, 4.69) is 23.7 Å². The summed E-state index contributed by atoms with van der Waals surface area (Å²) in [5, 5.41) is 9.88. The standard InChI is InChI=1S/C30H46F2N6O4/c1-8-9-30(31,32)26-10-25-24(11-33-26)29(6,7)18-38(25)27(40)17-35-14-21(4)37(28(41)42)16-23(35)15-36-19(2)12-34(22(5)39)13-20(36)3/h10-11,19-21,23H,8-9,12-18H2,1-7H3,(H,41,42)/t19-,20+,21-,23+/m1/s1. The van der Waals surface area contributed by atoms with Gasteiger partial charge in [-0.05, 0) is 26.8 Å². The number of rotatable bonds is 7. The molecule has 4 atom stereocenters. The van der Waals surface area contributed by atoms with Gasteiger partial charge in [0.25, 0.3) is 5.92 Å². The average Bonchev–Trinajstić information content (AvgIpc) is 3.17. The Morgan fingerprint density at radius 2 is 1.71 bits per heavy atom. The first-order chi connectivity index (χ1) is 19.6. The lowest BCUT2D eigenvalue weighted by Crippen LogP contribution is -2.66. The number of halogens is 2. The minimum Gasteiger partial charge on any atom is -0.465 e. The highest BCUT2D eigenvalue weighted by Gasteiger charge is 2.44. The van der Waals surface area contributed by atoms with Crippen molar-refractivity contribution in [2.24, 2.45) is 0 Å². The Balaban J connectivity index is 1.58. The van der Waals surface area contributed by atoms with E-state index in [9.17, 15) is 28.3 Å².